The lowest BCUT2D eigenvalue weighted by molar-refractivity contribution is -0.138. The van der Waals surface area contributed by atoms with Gasteiger partial charge in [0.2, 0.25) is 5.91 Å². The zero-order chi connectivity index (χ0) is 13.8. The standard InChI is InChI=1S/C16H21NO2/c1-3-11(2)15-14(18)10-13(16(19)17-15)9-12-7-5-4-6-8-12/h4-8,11,13,15H,3,9-10H2,1-2H3,(H,17,19)/t11-,13+,15-/m0/s1. The number of nitrogens with one attached hydrogen (secondary N) is 1. The third-order valence-corrected chi connectivity index (χ3v) is 4.00. The quantitative estimate of drug-likeness (QED) is 0.902. The van der Waals surface area contributed by atoms with E-state index in [9.17, 15) is 9.59 Å². The van der Waals surface area contributed by atoms with Crippen LogP contribution in [-0.2, 0) is 16.0 Å². The van der Waals surface area contributed by atoms with E-state index in [2.05, 4.69) is 5.32 Å². The molecule has 1 heterocycles. The van der Waals surface area contributed by atoms with Crippen LogP contribution in [0.25, 0.3) is 0 Å². The van der Waals surface area contributed by atoms with Crippen LogP contribution in [0.5, 0.6) is 0 Å². The lowest BCUT2D eigenvalue weighted by Crippen LogP contribution is -2.53. The molecule has 0 spiro atoms. The number of carbonyl (C=O) groups excluding carboxylic acids is 2. The molecule has 1 aromatic carbocycles. The molecule has 3 nitrogen and oxygen atoms in total. The summed E-state index contributed by atoms with van der Waals surface area (Å²) in [6.45, 7) is 4.06. The molecule has 1 aliphatic rings. The van der Waals surface area contributed by atoms with Crippen molar-refractivity contribution in [1.82, 2.24) is 5.32 Å². The van der Waals surface area contributed by atoms with Crippen molar-refractivity contribution in [3.05, 3.63) is 35.9 Å². The van der Waals surface area contributed by atoms with Crippen LogP contribution in [0.3, 0.4) is 0 Å². The van der Waals surface area contributed by atoms with Crippen LogP contribution < -0.4 is 5.32 Å². The number of hydrogen-bond acceptors (Lipinski definition) is 2. The predicted molar refractivity (Wildman–Crippen MR) is 74.6 cm³/mol. The molecule has 1 aromatic rings. The largest absolute Gasteiger partial charge is 0.346 e. The van der Waals surface area contributed by atoms with E-state index in [0.29, 0.717) is 12.8 Å². The van der Waals surface area contributed by atoms with Crippen LogP contribution >= 0.6 is 0 Å². The molecular formula is C16H21NO2. The Bertz CT molecular complexity index is 455. The molecule has 1 fully saturated rings. The first-order chi connectivity index (χ1) is 9.11. The molecule has 0 aliphatic carbocycles. The third kappa shape index (κ3) is 3.22. The van der Waals surface area contributed by atoms with E-state index in [1.165, 1.54) is 0 Å². The summed E-state index contributed by atoms with van der Waals surface area (Å²) in [6.07, 6.45) is 1.92. The third-order valence-electron chi connectivity index (χ3n) is 4.00. The van der Waals surface area contributed by atoms with Gasteiger partial charge in [-0.15, -0.1) is 0 Å². The smallest absolute Gasteiger partial charge is 0.224 e. The minimum atomic E-state index is -0.287. The number of carbonyl (C=O) groups is 2. The summed E-state index contributed by atoms with van der Waals surface area (Å²) in [4.78, 5) is 24.2. The van der Waals surface area contributed by atoms with Crippen molar-refractivity contribution in [2.75, 3.05) is 0 Å². The molecule has 1 aliphatic heterocycles. The van der Waals surface area contributed by atoms with Gasteiger partial charge in [-0.25, -0.2) is 0 Å². The van der Waals surface area contributed by atoms with Crippen molar-refractivity contribution in [2.45, 2.75) is 39.2 Å². The second-order valence-corrected chi connectivity index (χ2v) is 5.43. The Morgan fingerprint density at radius 1 is 1.26 bits per heavy atom. The normalized spacial score (nSPS) is 24.9. The number of piperidine rings is 1. The fourth-order valence-electron chi connectivity index (χ4n) is 2.57. The minimum Gasteiger partial charge on any atom is -0.346 e. The first-order valence-electron chi connectivity index (χ1n) is 6.98. The van der Waals surface area contributed by atoms with Crippen molar-refractivity contribution in [1.29, 1.82) is 0 Å². The predicted octanol–water partition coefficient (Wildman–Crippen LogP) is 2.35. The minimum absolute atomic E-state index is 0.0220. The highest BCUT2D eigenvalue weighted by Gasteiger charge is 2.36. The molecule has 0 aromatic heterocycles. The fourth-order valence-corrected chi connectivity index (χ4v) is 2.57. The van der Waals surface area contributed by atoms with Crippen molar-refractivity contribution < 1.29 is 9.59 Å². The molecule has 102 valence electrons. The second-order valence-electron chi connectivity index (χ2n) is 5.43. The molecule has 19 heavy (non-hydrogen) atoms. The Morgan fingerprint density at radius 3 is 2.58 bits per heavy atom. The van der Waals surface area contributed by atoms with Gasteiger partial charge >= 0.3 is 0 Å². The molecule has 1 saturated heterocycles. The zero-order valence-electron chi connectivity index (χ0n) is 11.6. The Labute approximate surface area is 114 Å². The second kappa shape index (κ2) is 6.00. The first kappa shape index (κ1) is 13.8. The lowest BCUT2D eigenvalue weighted by Gasteiger charge is -2.31. The highest BCUT2D eigenvalue weighted by molar-refractivity contribution is 5.97. The summed E-state index contributed by atoms with van der Waals surface area (Å²) < 4.78 is 0. The zero-order valence-corrected chi connectivity index (χ0v) is 11.6. The summed E-state index contributed by atoms with van der Waals surface area (Å²) in [5.74, 6) is 0.202. The molecular weight excluding hydrogens is 238 g/mol. The van der Waals surface area contributed by atoms with Crippen LogP contribution in [0.4, 0.5) is 0 Å². The van der Waals surface area contributed by atoms with Gasteiger partial charge in [-0.05, 0) is 17.9 Å². The monoisotopic (exact) mass is 259 g/mol. The van der Waals surface area contributed by atoms with Gasteiger partial charge in [-0.1, -0.05) is 50.6 Å². The number of amides is 1. The Hall–Kier alpha value is -1.64. The van der Waals surface area contributed by atoms with E-state index in [1.807, 2.05) is 44.2 Å². The van der Waals surface area contributed by atoms with E-state index in [-0.39, 0.29) is 29.6 Å². The van der Waals surface area contributed by atoms with Gasteiger partial charge in [0.1, 0.15) is 0 Å². The maximum absolute atomic E-state index is 12.1. The van der Waals surface area contributed by atoms with Crippen LogP contribution in [0, 0.1) is 11.8 Å². The summed E-state index contributed by atoms with van der Waals surface area (Å²) in [5.41, 5.74) is 1.11. The van der Waals surface area contributed by atoms with Crippen LogP contribution in [-0.4, -0.2) is 17.7 Å². The van der Waals surface area contributed by atoms with E-state index < -0.39 is 0 Å². The van der Waals surface area contributed by atoms with Crippen molar-refractivity contribution in [2.24, 2.45) is 11.8 Å². The number of ketones is 1. The van der Waals surface area contributed by atoms with Gasteiger partial charge in [0, 0.05) is 12.3 Å². The Balaban J connectivity index is 2.03. The molecule has 0 unspecified atom stereocenters. The Kier molecular flexibility index (Phi) is 4.35. The molecule has 0 bridgehead atoms. The highest BCUT2D eigenvalue weighted by atomic mass is 16.2. The summed E-state index contributed by atoms with van der Waals surface area (Å²) in [7, 11) is 0. The molecule has 2 rings (SSSR count). The van der Waals surface area contributed by atoms with E-state index in [1.54, 1.807) is 0 Å². The van der Waals surface area contributed by atoms with Crippen LogP contribution in [0.15, 0.2) is 30.3 Å². The van der Waals surface area contributed by atoms with Gasteiger partial charge in [-0.3, -0.25) is 9.59 Å². The van der Waals surface area contributed by atoms with E-state index in [0.717, 1.165) is 12.0 Å². The molecule has 1 amide bonds. The molecule has 0 saturated carbocycles. The van der Waals surface area contributed by atoms with Crippen LogP contribution in [0.2, 0.25) is 0 Å². The number of benzene rings is 1. The Morgan fingerprint density at radius 2 is 1.95 bits per heavy atom. The molecule has 1 N–H and O–H groups in total. The molecule has 3 atom stereocenters. The number of hydrogen-bond donors (Lipinski definition) is 1. The summed E-state index contributed by atoms with van der Waals surface area (Å²) in [6, 6.07) is 9.58. The number of rotatable bonds is 4. The van der Waals surface area contributed by atoms with Crippen molar-refractivity contribution in [3.63, 3.8) is 0 Å². The average Bonchev–Trinajstić information content (AvgIpc) is 2.43. The summed E-state index contributed by atoms with van der Waals surface area (Å²) >= 11 is 0. The molecule has 3 heteroatoms. The van der Waals surface area contributed by atoms with Crippen molar-refractivity contribution in [3.8, 4) is 0 Å². The van der Waals surface area contributed by atoms with E-state index in [4.69, 9.17) is 0 Å². The maximum atomic E-state index is 12.1. The van der Waals surface area contributed by atoms with Crippen molar-refractivity contribution >= 4 is 11.7 Å². The van der Waals surface area contributed by atoms with Gasteiger partial charge < -0.3 is 5.32 Å². The highest BCUT2D eigenvalue weighted by Crippen LogP contribution is 2.22. The van der Waals surface area contributed by atoms with Gasteiger partial charge in [-0.2, -0.15) is 0 Å². The average molecular weight is 259 g/mol. The summed E-state index contributed by atoms with van der Waals surface area (Å²) in [5, 5.41) is 2.90. The lowest BCUT2D eigenvalue weighted by atomic mass is 9.83. The SMILES string of the molecule is CC[C@H](C)[C@@H]1NC(=O)[C@H](Cc2ccccc2)CC1=O. The van der Waals surface area contributed by atoms with Gasteiger partial charge in [0.05, 0.1) is 6.04 Å². The van der Waals surface area contributed by atoms with Gasteiger partial charge in [0.25, 0.3) is 0 Å². The van der Waals surface area contributed by atoms with Gasteiger partial charge in [0.15, 0.2) is 5.78 Å². The van der Waals surface area contributed by atoms with Crippen LogP contribution in [0.1, 0.15) is 32.3 Å². The molecule has 0 radical (unpaired) electrons. The van der Waals surface area contributed by atoms with E-state index >= 15 is 0 Å². The fraction of sp³-hybridized carbons (Fsp3) is 0.500. The maximum Gasteiger partial charge on any atom is 0.224 e. The number of Topliss-reactive ketones (excluding diaryl/α,β-unsaturated/α-hetero) is 1. The first-order valence-corrected chi connectivity index (χ1v) is 6.98. The topological polar surface area (TPSA) is 46.2 Å².